The van der Waals surface area contributed by atoms with E-state index in [0.717, 1.165) is 17.0 Å². The number of hydrogen-bond donors (Lipinski definition) is 1. The quantitative estimate of drug-likeness (QED) is 0.801. The summed E-state index contributed by atoms with van der Waals surface area (Å²) < 4.78 is 5.59. The molecule has 0 spiro atoms. The lowest BCUT2D eigenvalue weighted by atomic mass is 10.2. The summed E-state index contributed by atoms with van der Waals surface area (Å²) in [6, 6.07) is 10.7. The third kappa shape index (κ3) is 2.88. The van der Waals surface area contributed by atoms with Gasteiger partial charge in [-0.15, -0.1) is 0 Å². The molecule has 0 bridgehead atoms. The molecular weight excluding hydrogens is 278 g/mol. The minimum absolute atomic E-state index is 0.169. The molecule has 0 unspecified atom stereocenters. The molecular formula is C17H15N3O2. The van der Waals surface area contributed by atoms with Gasteiger partial charge < -0.3 is 9.73 Å². The molecule has 0 aliphatic rings. The SMILES string of the molecule is Cc1nc(-c2ccc(NC(=O)c3ccncc3)cc2)oc1C. The fourth-order valence-electron chi connectivity index (χ4n) is 2.00. The minimum atomic E-state index is -0.169. The van der Waals surface area contributed by atoms with E-state index < -0.39 is 0 Å². The predicted octanol–water partition coefficient (Wildman–Crippen LogP) is 3.61. The summed E-state index contributed by atoms with van der Waals surface area (Å²) in [7, 11) is 0. The molecule has 1 N–H and O–H groups in total. The highest BCUT2D eigenvalue weighted by molar-refractivity contribution is 6.04. The summed E-state index contributed by atoms with van der Waals surface area (Å²) in [6.45, 7) is 3.79. The third-order valence-corrected chi connectivity index (χ3v) is 3.36. The highest BCUT2D eigenvalue weighted by Crippen LogP contribution is 2.23. The van der Waals surface area contributed by atoms with E-state index in [4.69, 9.17) is 4.42 Å². The maximum Gasteiger partial charge on any atom is 0.255 e. The van der Waals surface area contributed by atoms with Crippen molar-refractivity contribution in [3.8, 4) is 11.5 Å². The van der Waals surface area contributed by atoms with E-state index in [2.05, 4.69) is 15.3 Å². The molecule has 1 aromatic carbocycles. The highest BCUT2D eigenvalue weighted by Gasteiger charge is 2.09. The fourth-order valence-corrected chi connectivity index (χ4v) is 2.00. The van der Waals surface area contributed by atoms with Crippen LogP contribution in [0.4, 0.5) is 5.69 Å². The number of benzene rings is 1. The van der Waals surface area contributed by atoms with Crippen LogP contribution in [-0.4, -0.2) is 15.9 Å². The van der Waals surface area contributed by atoms with Gasteiger partial charge in [0.1, 0.15) is 5.76 Å². The van der Waals surface area contributed by atoms with Gasteiger partial charge in [0, 0.05) is 29.2 Å². The largest absolute Gasteiger partial charge is 0.441 e. The smallest absolute Gasteiger partial charge is 0.255 e. The van der Waals surface area contributed by atoms with Crippen molar-refractivity contribution in [1.82, 2.24) is 9.97 Å². The summed E-state index contributed by atoms with van der Waals surface area (Å²) in [5.41, 5.74) is 3.03. The molecule has 5 heteroatoms. The molecule has 0 aliphatic heterocycles. The first-order valence-electron chi connectivity index (χ1n) is 6.89. The van der Waals surface area contributed by atoms with E-state index >= 15 is 0 Å². The average Bonchev–Trinajstić information content (AvgIpc) is 2.88. The van der Waals surface area contributed by atoms with Crippen molar-refractivity contribution >= 4 is 11.6 Å². The zero-order chi connectivity index (χ0) is 15.5. The number of anilines is 1. The summed E-state index contributed by atoms with van der Waals surface area (Å²) in [5.74, 6) is 1.23. The first-order chi connectivity index (χ1) is 10.6. The van der Waals surface area contributed by atoms with Gasteiger partial charge in [-0.2, -0.15) is 0 Å². The van der Waals surface area contributed by atoms with Crippen molar-refractivity contribution in [2.45, 2.75) is 13.8 Å². The van der Waals surface area contributed by atoms with E-state index in [1.165, 1.54) is 0 Å². The lowest BCUT2D eigenvalue weighted by molar-refractivity contribution is 0.102. The zero-order valence-corrected chi connectivity index (χ0v) is 12.3. The molecule has 110 valence electrons. The van der Waals surface area contributed by atoms with Crippen molar-refractivity contribution in [3.05, 3.63) is 65.8 Å². The lowest BCUT2D eigenvalue weighted by Gasteiger charge is -2.05. The number of aryl methyl sites for hydroxylation is 2. The molecule has 5 nitrogen and oxygen atoms in total. The lowest BCUT2D eigenvalue weighted by Crippen LogP contribution is -2.11. The molecule has 0 saturated heterocycles. The Balaban J connectivity index is 1.76. The van der Waals surface area contributed by atoms with Crippen LogP contribution in [-0.2, 0) is 0 Å². The standard InChI is InChI=1S/C17H15N3O2/c1-11-12(2)22-17(19-11)14-3-5-15(6-4-14)20-16(21)13-7-9-18-10-8-13/h3-10H,1-2H3,(H,20,21). The van der Waals surface area contributed by atoms with Gasteiger partial charge in [-0.3, -0.25) is 9.78 Å². The monoisotopic (exact) mass is 293 g/mol. The van der Waals surface area contributed by atoms with Crippen molar-refractivity contribution in [2.75, 3.05) is 5.32 Å². The second-order valence-electron chi connectivity index (χ2n) is 4.93. The normalized spacial score (nSPS) is 10.5. The second kappa shape index (κ2) is 5.81. The Labute approximate surface area is 128 Å². The van der Waals surface area contributed by atoms with Crippen LogP contribution in [0.1, 0.15) is 21.8 Å². The highest BCUT2D eigenvalue weighted by atomic mass is 16.4. The Bertz CT molecular complexity index is 773. The van der Waals surface area contributed by atoms with Crippen molar-refractivity contribution < 1.29 is 9.21 Å². The first-order valence-corrected chi connectivity index (χ1v) is 6.89. The van der Waals surface area contributed by atoms with Crippen molar-refractivity contribution in [2.24, 2.45) is 0 Å². The van der Waals surface area contributed by atoms with Gasteiger partial charge in [-0.05, 0) is 50.2 Å². The summed E-state index contributed by atoms with van der Waals surface area (Å²) >= 11 is 0. The molecule has 0 aliphatic carbocycles. The number of rotatable bonds is 3. The van der Waals surface area contributed by atoms with Crippen LogP contribution in [0.15, 0.2) is 53.2 Å². The fraction of sp³-hybridized carbons (Fsp3) is 0.118. The van der Waals surface area contributed by atoms with Crippen LogP contribution in [0.2, 0.25) is 0 Å². The molecule has 22 heavy (non-hydrogen) atoms. The van der Waals surface area contributed by atoms with Gasteiger partial charge in [-0.25, -0.2) is 4.98 Å². The number of amides is 1. The number of nitrogens with zero attached hydrogens (tertiary/aromatic N) is 2. The number of carbonyl (C=O) groups is 1. The third-order valence-electron chi connectivity index (χ3n) is 3.36. The van der Waals surface area contributed by atoms with Crippen LogP contribution in [0.3, 0.4) is 0 Å². The Morgan fingerprint density at radius 1 is 1.05 bits per heavy atom. The van der Waals surface area contributed by atoms with Crippen LogP contribution >= 0.6 is 0 Å². The van der Waals surface area contributed by atoms with Crippen LogP contribution in [0.25, 0.3) is 11.5 Å². The van der Waals surface area contributed by atoms with E-state index in [0.29, 0.717) is 17.1 Å². The Kier molecular flexibility index (Phi) is 3.70. The average molecular weight is 293 g/mol. The van der Waals surface area contributed by atoms with Crippen LogP contribution in [0, 0.1) is 13.8 Å². The van der Waals surface area contributed by atoms with E-state index in [1.54, 1.807) is 24.5 Å². The first kappa shape index (κ1) is 14.0. The number of aromatic nitrogens is 2. The summed E-state index contributed by atoms with van der Waals surface area (Å²) in [5, 5.41) is 2.84. The van der Waals surface area contributed by atoms with Gasteiger partial charge >= 0.3 is 0 Å². The molecule has 0 saturated carbocycles. The number of oxazole rings is 1. The Morgan fingerprint density at radius 3 is 2.32 bits per heavy atom. The summed E-state index contributed by atoms with van der Waals surface area (Å²) in [6.07, 6.45) is 3.18. The molecule has 2 aromatic heterocycles. The topological polar surface area (TPSA) is 68.0 Å². The molecule has 0 atom stereocenters. The number of hydrogen-bond acceptors (Lipinski definition) is 4. The number of carbonyl (C=O) groups excluding carboxylic acids is 1. The second-order valence-corrected chi connectivity index (χ2v) is 4.93. The van der Waals surface area contributed by atoms with Crippen molar-refractivity contribution in [3.63, 3.8) is 0 Å². The van der Waals surface area contributed by atoms with Crippen molar-refractivity contribution in [1.29, 1.82) is 0 Å². The molecule has 3 rings (SSSR count). The zero-order valence-electron chi connectivity index (χ0n) is 12.3. The molecule has 1 amide bonds. The molecule has 2 heterocycles. The number of nitrogens with one attached hydrogen (secondary N) is 1. The van der Waals surface area contributed by atoms with Crippen LogP contribution in [0.5, 0.6) is 0 Å². The van der Waals surface area contributed by atoms with Gasteiger partial charge in [0.15, 0.2) is 0 Å². The maximum absolute atomic E-state index is 12.0. The van der Waals surface area contributed by atoms with E-state index in [-0.39, 0.29) is 5.91 Å². The minimum Gasteiger partial charge on any atom is -0.441 e. The maximum atomic E-state index is 12.0. The van der Waals surface area contributed by atoms with Gasteiger partial charge in [0.25, 0.3) is 5.91 Å². The van der Waals surface area contributed by atoms with Gasteiger partial charge in [-0.1, -0.05) is 0 Å². The Hall–Kier alpha value is -2.95. The Morgan fingerprint density at radius 2 is 1.73 bits per heavy atom. The van der Waals surface area contributed by atoms with Gasteiger partial charge in [0.05, 0.1) is 5.69 Å². The van der Waals surface area contributed by atoms with E-state index in [1.807, 2.05) is 38.1 Å². The van der Waals surface area contributed by atoms with Crippen LogP contribution < -0.4 is 5.32 Å². The molecule has 0 fully saturated rings. The summed E-state index contributed by atoms with van der Waals surface area (Å²) in [4.78, 5) is 20.3. The number of pyridine rings is 1. The van der Waals surface area contributed by atoms with Gasteiger partial charge in [0.2, 0.25) is 5.89 Å². The van der Waals surface area contributed by atoms with E-state index in [9.17, 15) is 4.79 Å². The molecule has 0 radical (unpaired) electrons. The molecule has 3 aromatic rings. The predicted molar refractivity (Wildman–Crippen MR) is 83.6 cm³/mol.